The van der Waals surface area contributed by atoms with Gasteiger partial charge in [0.1, 0.15) is 70.8 Å². The molecule has 254 valence electrons. The van der Waals surface area contributed by atoms with Crippen LogP contribution in [0.1, 0.15) is 25.0 Å². The average Bonchev–Trinajstić information content (AvgIpc) is 3.71. The maximum absolute atomic E-state index is 10.2. The summed E-state index contributed by atoms with van der Waals surface area (Å²) in [5, 5.41) is 88.5. The maximum atomic E-state index is 10.2. The lowest BCUT2D eigenvalue weighted by atomic mass is 9.98. The van der Waals surface area contributed by atoms with Crippen LogP contribution >= 0.6 is 0 Å². The summed E-state index contributed by atoms with van der Waals surface area (Å²) in [5.74, 6) is 0. The highest BCUT2D eigenvalue weighted by atomic mass is 14.9. The molecule has 0 aliphatic heterocycles. The smallest absolute Gasteiger partial charge is 0.137 e. The van der Waals surface area contributed by atoms with E-state index in [-0.39, 0.29) is 22.3 Å². The minimum absolute atomic E-state index is 0.0853. The molecule has 0 atom stereocenters. The Kier molecular flexibility index (Phi) is 6.95. The first-order chi connectivity index (χ1) is 27.3. The number of aryl methyl sites for hydroxylation is 2. The van der Waals surface area contributed by atoms with E-state index in [1.54, 1.807) is 0 Å². The van der Waals surface area contributed by atoms with Gasteiger partial charge in [-0.1, -0.05) is 13.8 Å². The molecule has 0 N–H and O–H groups in total. The Morgan fingerprint density at radius 3 is 0.786 bits per heavy atom. The molecule has 0 aliphatic carbocycles. The number of nitrogens with zero attached hydrogens (tertiary/aromatic N) is 10. The van der Waals surface area contributed by atoms with Crippen LogP contribution in [0.25, 0.3) is 98.5 Å². The topological polar surface area (TPSA) is 199 Å². The minimum atomic E-state index is -0.0853. The molecule has 0 saturated carbocycles. The fraction of sp³-hybridized carbons (Fsp3) is 0.0870. The van der Waals surface area contributed by atoms with Crippen LogP contribution in [-0.4, -0.2) is 8.80 Å². The van der Waals surface area contributed by atoms with Gasteiger partial charge in [-0.2, -0.15) is 42.1 Å². The Morgan fingerprint density at radius 2 is 0.589 bits per heavy atom. The molecule has 0 radical (unpaired) electrons. The van der Waals surface area contributed by atoms with Gasteiger partial charge in [-0.3, -0.25) is 0 Å². The predicted molar refractivity (Wildman–Crippen MR) is 212 cm³/mol. The van der Waals surface area contributed by atoms with Crippen molar-refractivity contribution < 1.29 is 0 Å². The van der Waals surface area contributed by atoms with Gasteiger partial charge in [0.25, 0.3) is 0 Å². The fourth-order valence-electron chi connectivity index (χ4n) is 8.61. The van der Waals surface area contributed by atoms with Crippen molar-refractivity contribution in [3.63, 3.8) is 0 Å². The molecule has 3 aromatic carbocycles. The number of rotatable bonds is 2. The van der Waals surface area contributed by atoms with Gasteiger partial charge in [0, 0.05) is 64.0 Å². The first-order valence-corrected chi connectivity index (χ1v) is 17.5. The zero-order valence-corrected chi connectivity index (χ0v) is 29.7. The van der Waals surface area contributed by atoms with Crippen LogP contribution in [0.5, 0.6) is 0 Å². The summed E-state index contributed by atoms with van der Waals surface area (Å²) in [4.78, 5) is 0. The molecule has 9 rings (SSSR count). The van der Waals surface area contributed by atoms with E-state index in [4.69, 9.17) is 0 Å². The second-order valence-corrected chi connectivity index (χ2v) is 13.6. The van der Waals surface area contributed by atoms with Crippen LogP contribution in [0.4, 0.5) is 0 Å². The third-order valence-electron chi connectivity index (χ3n) is 11.1. The average molecular weight is 713 g/mol. The lowest BCUT2D eigenvalue weighted by Crippen LogP contribution is -2.15. The lowest BCUT2D eigenvalue weighted by Gasteiger charge is -2.13. The number of pyridine rings is 4. The van der Waals surface area contributed by atoms with Crippen molar-refractivity contribution in [2.45, 2.75) is 26.7 Å². The summed E-state index contributed by atoms with van der Waals surface area (Å²) < 4.78 is 4.09. The van der Waals surface area contributed by atoms with Gasteiger partial charge in [-0.05, 0) is 84.6 Å². The molecule has 6 heterocycles. The van der Waals surface area contributed by atoms with Gasteiger partial charge >= 0.3 is 0 Å². The third kappa shape index (κ3) is 4.05. The number of aromatic nitrogens is 2. The molecule has 9 aromatic rings. The van der Waals surface area contributed by atoms with Crippen LogP contribution in [-0.2, 0) is 12.8 Å². The zero-order chi connectivity index (χ0) is 39.2. The highest BCUT2D eigenvalue weighted by molar-refractivity contribution is 6.24. The number of benzene rings is 3. The van der Waals surface area contributed by atoms with Gasteiger partial charge in [0.15, 0.2) is 0 Å². The first kappa shape index (κ1) is 33.0. The van der Waals surface area contributed by atoms with Gasteiger partial charge in [0.05, 0.1) is 33.1 Å². The minimum Gasteiger partial charge on any atom is -0.308 e. The van der Waals surface area contributed by atoms with Crippen molar-refractivity contribution in [3.8, 4) is 48.6 Å². The molecular formula is C46H20N10. The largest absolute Gasteiger partial charge is 0.308 e. The summed E-state index contributed by atoms with van der Waals surface area (Å²) in [5.41, 5.74) is 5.51. The van der Waals surface area contributed by atoms with E-state index in [0.717, 1.165) is 32.7 Å². The molecule has 0 saturated heterocycles. The monoisotopic (exact) mass is 712 g/mol. The molecule has 0 fully saturated rings. The van der Waals surface area contributed by atoms with Crippen LogP contribution in [0.15, 0.2) is 60.7 Å². The van der Waals surface area contributed by atoms with E-state index in [9.17, 15) is 42.1 Å². The van der Waals surface area contributed by atoms with Crippen molar-refractivity contribution in [1.82, 2.24) is 8.80 Å². The fourth-order valence-corrected chi connectivity index (χ4v) is 8.61. The highest BCUT2D eigenvalue weighted by Crippen LogP contribution is 2.40. The van der Waals surface area contributed by atoms with Gasteiger partial charge in [0.2, 0.25) is 0 Å². The van der Waals surface area contributed by atoms with Crippen molar-refractivity contribution in [1.29, 1.82) is 42.1 Å². The molecule has 0 unspecified atom stereocenters. The van der Waals surface area contributed by atoms with E-state index in [0.29, 0.717) is 88.4 Å². The summed E-state index contributed by atoms with van der Waals surface area (Å²) in [6.07, 6.45) is 1.25. The zero-order valence-electron chi connectivity index (χ0n) is 29.7. The van der Waals surface area contributed by atoms with E-state index in [2.05, 4.69) is 48.6 Å². The normalized spacial score (nSPS) is 11.0. The standard InChI is InChI=1S/C46H20N10/c1-3-23-5-37-29(25(15-47)16-48)11-41-33-9-35-36(10-34(33)42-12-30(26(17-49)18-50)38(6-23)45(37)55(41)42)44-14-32(28(21-53)22-54)40-8-24(4-2)7-39-31(27(19-51)20-52)13-43(35)56(44)46(39)40/h5-14H,3-4H2,1-2H3. The number of fused-ring (bicyclic) bond motifs is 6. The molecule has 10 heteroatoms. The van der Waals surface area contributed by atoms with Crippen LogP contribution in [0, 0.1) is 90.6 Å². The molecule has 0 amide bonds. The molecule has 0 aliphatic rings. The Morgan fingerprint density at radius 1 is 0.357 bits per heavy atom. The van der Waals surface area contributed by atoms with E-state index >= 15 is 0 Å². The summed E-state index contributed by atoms with van der Waals surface area (Å²) in [6.45, 7) is 3.96. The van der Waals surface area contributed by atoms with Gasteiger partial charge in [-0.25, -0.2) is 0 Å². The maximum Gasteiger partial charge on any atom is 0.137 e. The van der Waals surface area contributed by atoms with Crippen LogP contribution < -0.4 is 20.9 Å². The van der Waals surface area contributed by atoms with Crippen LogP contribution in [0.3, 0.4) is 0 Å². The number of hydrogen-bond donors (Lipinski definition) is 0. The van der Waals surface area contributed by atoms with Gasteiger partial charge < -0.3 is 8.80 Å². The van der Waals surface area contributed by atoms with E-state index in [1.807, 2.05) is 83.3 Å². The van der Waals surface area contributed by atoms with Gasteiger partial charge in [-0.15, -0.1) is 0 Å². The summed E-state index contributed by atoms with van der Waals surface area (Å²) in [7, 11) is 0. The highest BCUT2D eigenvalue weighted by Gasteiger charge is 2.23. The molecule has 56 heavy (non-hydrogen) atoms. The molecule has 0 bridgehead atoms. The Bertz CT molecular complexity index is 3420. The number of nitriles is 8. The van der Waals surface area contributed by atoms with E-state index in [1.165, 1.54) is 0 Å². The first-order valence-electron chi connectivity index (χ1n) is 17.5. The predicted octanol–water partition coefficient (Wildman–Crippen LogP) is 5.90. The van der Waals surface area contributed by atoms with Crippen LogP contribution in [0.2, 0.25) is 0 Å². The summed E-state index contributed by atoms with van der Waals surface area (Å²) >= 11 is 0. The third-order valence-corrected chi connectivity index (χ3v) is 11.1. The molecule has 10 nitrogen and oxygen atoms in total. The Labute approximate surface area is 316 Å². The second-order valence-electron chi connectivity index (χ2n) is 13.6. The van der Waals surface area contributed by atoms with Crippen molar-refractivity contribution in [2.75, 3.05) is 0 Å². The summed E-state index contributed by atoms with van der Waals surface area (Å²) in [6, 6.07) is 35.7. The SMILES string of the molecule is CCc1cc2c(=C(C#N)C#N)cc3c4cc5c(cc4c4cc(=C(C#N)C#N)c(c1)c2n34)c1cc(=C(C#N)C#N)c2cc(CC)cc3c(=C(C#N)C#N)cc5n1c32. The molecular weight excluding hydrogens is 693 g/mol. The Hall–Kier alpha value is -8.90. The van der Waals surface area contributed by atoms with Crippen molar-refractivity contribution in [3.05, 3.63) is 92.7 Å². The van der Waals surface area contributed by atoms with Crippen molar-refractivity contribution in [2.24, 2.45) is 0 Å². The molecule has 0 spiro atoms. The quantitative estimate of drug-likeness (QED) is 0.211. The second kappa shape index (κ2) is 11.8. The number of hydrogen-bond acceptors (Lipinski definition) is 8. The van der Waals surface area contributed by atoms with Crippen molar-refractivity contribution >= 4 is 98.5 Å². The Balaban J connectivity index is 1.66. The molecule has 6 aromatic heterocycles. The lowest BCUT2D eigenvalue weighted by molar-refractivity contribution is 1.15. The van der Waals surface area contributed by atoms with E-state index < -0.39 is 0 Å².